The molecule has 1 heterocycles. The standard InChI is InChI=1S/C32H17BrO/c33-28-13-8-19-6-11-24-23(10-5-18-7-12-25(28)32(19)31(18)24)22-9-14-29-26(16-22)27-15-20-3-1-2-4-21(20)17-30(27)34-29/h1-17H. The first-order valence-electron chi connectivity index (χ1n) is 11.5. The zero-order valence-corrected chi connectivity index (χ0v) is 19.7. The monoisotopic (exact) mass is 496 g/mol. The van der Waals surface area contributed by atoms with E-state index in [-0.39, 0.29) is 0 Å². The van der Waals surface area contributed by atoms with Crippen LogP contribution in [0.3, 0.4) is 0 Å². The van der Waals surface area contributed by atoms with Gasteiger partial charge < -0.3 is 4.42 Å². The van der Waals surface area contributed by atoms with Crippen LogP contribution < -0.4 is 0 Å². The van der Waals surface area contributed by atoms with Crippen LogP contribution in [0, 0.1) is 0 Å². The van der Waals surface area contributed by atoms with Crippen LogP contribution in [-0.4, -0.2) is 0 Å². The summed E-state index contributed by atoms with van der Waals surface area (Å²) in [5.41, 5.74) is 4.32. The Kier molecular flexibility index (Phi) is 3.59. The van der Waals surface area contributed by atoms with Crippen molar-refractivity contribution < 1.29 is 4.42 Å². The topological polar surface area (TPSA) is 13.1 Å². The molecule has 0 unspecified atom stereocenters. The lowest BCUT2D eigenvalue weighted by atomic mass is 9.89. The maximum absolute atomic E-state index is 6.24. The van der Waals surface area contributed by atoms with Crippen molar-refractivity contribution in [1.29, 1.82) is 0 Å². The molecule has 0 atom stereocenters. The highest BCUT2D eigenvalue weighted by atomic mass is 79.9. The molecule has 0 saturated carbocycles. The molecule has 1 nitrogen and oxygen atoms in total. The Bertz CT molecular complexity index is 2080. The second-order valence-electron chi connectivity index (χ2n) is 9.09. The van der Waals surface area contributed by atoms with Gasteiger partial charge in [0.25, 0.3) is 0 Å². The van der Waals surface area contributed by atoms with Crippen LogP contribution in [0.2, 0.25) is 0 Å². The van der Waals surface area contributed by atoms with E-state index >= 15 is 0 Å². The van der Waals surface area contributed by atoms with Gasteiger partial charge in [0.2, 0.25) is 0 Å². The average molecular weight is 497 g/mol. The van der Waals surface area contributed by atoms with Crippen molar-refractivity contribution in [2.75, 3.05) is 0 Å². The quantitative estimate of drug-likeness (QED) is 0.206. The van der Waals surface area contributed by atoms with E-state index < -0.39 is 0 Å². The molecule has 0 aliphatic heterocycles. The first-order chi connectivity index (χ1) is 16.7. The number of rotatable bonds is 1. The van der Waals surface area contributed by atoms with Crippen molar-refractivity contribution in [2.24, 2.45) is 0 Å². The molecule has 0 amide bonds. The van der Waals surface area contributed by atoms with Crippen LogP contribution >= 0.6 is 15.9 Å². The maximum atomic E-state index is 6.24. The highest BCUT2D eigenvalue weighted by Gasteiger charge is 2.15. The molecule has 0 aliphatic carbocycles. The van der Waals surface area contributed by atoms with Gasteiger partial charge in [-0.2, -0.15) is 0 Å². The van der Waals surface area contributed by atoms with E-state index in [1.165, 1.54) is 54.2 Å². The van der Waals surface area contributed by atoms with E-state index in [4.69, 9.17) is 4.42 Å². The van der Waals surface area contributed by atoms with Gasteiger partial charge in [-0.25, -0.2) is 0 Å². The van der Waals surface area contributed by atoms with E-state index in [0.29, 0.717) is 0 Å². The summed E-state index contributed by atoms with van der Waals surface area (Å²) in [5.74, 6) is 0. The Labute approximate surface area is 203 Å². The Balaban J connectivity index is 1.45. The van der Waals surface area contributed by atoms with Gasteiger partial charge in [0.1, 0.15) is 11.2 Å². The average Bonchev–Trinajstić information content (AvgIpc) is 3.23. The van der Waals surface area contributed by atoms with Crippen LogP contribution in [0.1, 0.15) is 0 Å². The highest BCUT2D eigenvalue weighted by Crippen LogP contribution is 2.42. The van der Waals surface area contributed by atoms with Gasteiger partial charge in [-0.1, -0.05) is 88.7 Å². The molecule has 0 N–H and O–H groups in total. The van der Waals surface area contributed by atoms with Crippen molar-refractivity contribution in [3.8, 4) is 11.1 Å². The molecule has 0 bridgehead atoms. The van der Waals surface area contributed by atoms with E-state index in [1.807, 2.05) is 0 Å². The lowest BCUT2D eigenvalue weighted by Crippen LogP contribution is -1.87. The van der Waals surface area contributed by atoms with Crippen LogP contribution in [0.15, 0.2) is 112 Å². The fourth-order valence-electron chi connectivity index (χ4n) is 5.65. The number of benzene rings is 7. The third kappa shape index (κ3) is 2.44. The lowest BCUT2D eigenvalue weighted by Gasteiger charge is -2.15. The molecule has 0 spiro atoms. The van der Waals surface area contributed by atoms with Crippen LogP contribution in [0.5, 0.6) is 0 Å². The number of halogens is 1. The van der Waals surface area contributed by atoms with E-state index in [2.05, 4.69) is 119 Å². The second-order valence-corrected chi connectivity index (χ2v) is 9.95. The number of furan rings is 1. The van der Waals surface area contributed by atoms with Crippen molar-refractivity contribution >= 4 is 81.0 Å². The minimum Gasteiger partial charge on any atom is -0.456 e. The molecule has 1 aromatic heterocycles. The molecular formula is C32H17BrO. The summed E-state index contributed by atoms with van der Waals surface area (Å²) in [5, 5.41) is 12.5. The number of fused-ring (bicyclic) bond motifs is 4. The zero-order valence-electron chi connectivity index (χ0n) is 18.1. The normalized spacial score (nSPS) is 12.3. The third-order valence-electron chi connectivity index (χ3n) is 7.26. The Morgan fingerprint density at radius 3 is 2.00 bits per heavy atom. The van der Waals surface area contributed by atoms with Gasteiger partial charge in [0.05, 0.1) is 0 Å². The molecule has 0 radical (unpaired) electrons. The van der Waals surface area contributed by atoms with Crippen molar-refractivity contribution in [3.63, 3.8) is 0 Å². The van der Waals surface area contributed by atoms with Crippen LogP contribution in [-0.2, 0) is 0 Å². The summed E-state index contributed by atoms with van der Waals surface area (Å²) in [6, 6.07) is 37.3. The van der Waals surface area contributed by atoms with Crippen molar-refractivity contribution in [1.82, 2.24) is 0 Å². The lowest BCUT2D eigenvalue weighted by molar-refractivity contribution is 0.669. The molecule has 2 heteroatoms. The van der Waals surface area contributed by atoms with Gasteiger partial charge >= 0.3 is 0 Å². The maximum Gasteiger partial charge on any atom is 0.136 e. The van der Waals surface area contributed by atoms with Crippen LogP contribution in [0.4, 0.5) is 0 Å². The SMILES string of the molecule is Brc1ccc2ccc3c(-c4ccc5oc6cc7ccccc7cc6c5c4)ccc4ccc1c2c43. The smallest absolute Gasteiger partial charge is 0.136 e. The summed E-state index contributed by atoms with van der Waals surface area (Å²) in [7, 11) is 0. The van der Waals surface area contributed by atoms with Gasteiger partial charge in [-0.15, -0.1) is 0 Å². The molecule has 158 valence electrons. The van der Waals surface area contributed by atoms with Gasteiger partial charge in [-0.05, 0) is 84.5 Å². The fourth-order valence-corrected chi connectivity index (χ4v) is 6.11. The fraction of sp³-hybridized carbons (Fsp3) is 0. The highest BCUT2D eigenvalue weighted by molar-refractivity contribution is 9.10. The summed E-state index contributed by atoms with van der Waals surface area (Å²) in [6.45, 7) is 0. The molecule has 7 aromatic carbocycles. The number of hydrogen-bond acceptors (Lipinski definition) is 1. The molecule has 8 aromatic rings. The van der Waals surface area contributed by atoms with Gasteiger partial charge in [0.15, 0.2) is 0 Å². The molecule has 0 saturated heterocycles. The minimum atomic E-state index is 0.927. The van der Waals surface area contributed by atoms with Crippen molar-refractivity contribution in [2.45, 2.75) is 0 Å². The molecule has 0 fully saturated rings. The van der Waals surface area contributed by atoms with Crippen LogP contribution in [0.25, 0.3) is 76.2 Å². The largest absolute Gasteiger partial charge is 0.456 e. The first-order valence-corrected chi connectivity index (χ1v) is 12.3. The summed E-state index contributed by atoms with van der Waals surface area (Å²) >= 11 is 3.76. The van der Waals surface area contributed by atoms with Crippen molar-refractivity contribution in [3.05, 3.63) is 108 Å². The Morgan fingerprint density at radius 1 is 0.471 bits per heavy atom. The summed E-state index contributed by atoms with van der Waals surface area (Å²) < 4.78 is 7.38. The second kappa shape index (κ2) is 6.59. The van der Waals surface area contributed by atoms with Gasteiger partial charge in [-0.3, -0.25) is 0 Å². The third-order valence-corrected chi connectivity index (χ3v) is 7.95. The number of hydrogen-bond donors (Lipinski definition) is 0. The Morgan fingerprint density at radius 2 is 1.15 bits per heavy atom. The molecule has 8 rings (SSSR count). The summed E-state index contributed by atoms with van der Waals surface area (Å²) in [4.78, 5) is 0. The first kappa shape index (κ1) is 18.5. The predicted molar refractivity (Wildman–Crippen MR) is 148 cm³/mol. The molecule has 34 heavy (non-hydrogen) atoms. The van der Waals surface area contributed by atoms with E-state index in [0.717, 1.165) is 26.4 Å². The molecule has 0 aliphatic rings. The minimum absolute atomic E-state index is 0.927. The summed E-state index contributed by atoms with van der Waals surface area (Å²) in [6.07, 6.45) is 0. The van der Waals surface area contributed by atoms with E-state index in [1.54, 1.807) is 0 Å². The van der Waals surface area contributed by atoms with E-state index in [9.17, 15) is 0 Å². The Hall–Kier alpha value is -3.88. The zero-order chi connectivity index (χ0) is 22.4. The van der Waals surface area contributed by atoms with Gasteiger partial charge in [0, 0.05) is 15.2 Å². The predicted octanol–water partition coefficient (Wildman–Crippen LogP) is 10.1. The molecular weight excluding hydrogens is 480 g/mol.